The molecule has 0 aromatic carbocycles. The van der Waals surface area contributed by atoms with E-state index in [0.29, 0.717) is 55.4 Å². The summed E-state index contributed by atoms with van der Waals surface area (Å²) >= 11 is 0. The van der Waals surface area contributed by atoms with Crippen molar-refractivity contribution in [1.82, 2.24) is 29.5 Å². The van der Waals surface area contributed by atoms with E-state index in [0.717, 1.165) is 17.1 Å². The van der Waals surface area contributed by atoms with Crippen molar-refractivity contribution in [3.05, 3.63) is 48.3 Å². The number of alkyl halides is 3. The number of nitrogens with two attached hydrogens (primary N) is 1. The molecule has 0 bridgehead atoms. The van der Waals surface area contributed by atoms with Crippen LogP contribution >= 0.6 is 0 Å². The van der Waals surface area contributed by atoms with Crippen LogP contribution in [0.3, 0.4) is 0 Å². The van der Waals surface area contributed by atoms with Crippen LogP contribution in [-0.4, -0.2) is 48.1 Å². The Kier molecular flexibility index (Phi) is 7.10. The fourth-order valence-corrected chi connectivity index (χ4v) is 4.82. The number of aromatic nitrogens is 6. The molecule has 0 aliphatic heterocycles. The van der Waals surface area contributed by atoms with E-state index in [9.17, 15) is 22.4 Å². The van der Waals surface area contributed by atoms with Crippen molar-refractivity contribution in [3.8, 4) is 17.1 Å². The Hall–Kier alpha value is -4.23. The molecular formula is C25H26F4N8O2. The van der Waals surface area contributed by atoms with Crippen LogP contribution in [-0.2, 0) is 17.5 Å². The van der Waals surface area contributed by atoms with Crippen molar-refractivity contribution in [2.45, 2.75) is 57.5 Å². The number of carbonyl (C=O) groups is 1. The molecule has 3 N–H and O–H groups in total. The zero-order valence-electron chi connectivity index (χ0n) is 21.0. The molecule has 14 heteroatoms. The second kappa shape index (κ2) is 10.5. The van der Waals surface area contributed by atoms with Gasteiger partial charge in [-0.2, -0.15) is 23.4 Å². The number of halogens is 4. The summed E-state index contributed by atoms with van der Waals surface area (Å²) in [6.45, 7) is 2.58. The highest BCUT2D eigenvalue weighted by molar-refractivity contribution is 5.93. The highest BCUT2D eigenvalue weighted by Gasteiger charge is 2.36. The first-order chi connectivity index (χ1) is 18.6. The Morgan fingerprint density at radius 2 is 1.97 bits per heavy atom. The van der Waals surface area contributed by atoms with Crippen molar-refractivity contribution < 1.29 is 27.1 Å². The van der Waals surface area contributed by atoms with Gasteiger partial charge in [0, 0.05) is 42.2 Å². The average molecular weight is 547 g/mol. The largest absolute Gasteiger partial charge is 0.472 e. The van der Waals surface area contributed by atoms with Crippen LogP contribution in [0.4, 0.5) is 23.4 Å². The predicted molar refractivity (Wildman–Crippen MR) is 133 cm³/mol. The van der Waals surface area contributed by atoms with Gasteiger partial charge in [0.2, 0.25) is 5.91 Å². The third kappa shape index (κ3) is 5.49. The van der Waals surface area contributed by atoms with Gasteiger partial charge in [0.05, 0.1) is 23.3 Å². The lowest BCUT2D eigenvalue weighted by Gasteiger charge is -2.29. The van der Waals surface area contributed by atoms with Gasteiger partial charge in [-0.1, -0.05) is 0 Å². The highest BCUT2D eigenvalue weighted by Crippen LogP contribution is 2.38. The molecule has 4 heterocycles. The molecule has 1 fully saturated rings. The number of nitrogens with zero attached hydrogens (tertiary/aromatic N) is 6. The number of anilines is 1. The average Bonchev–Trinajstić information content (AvgIpc) is 3.49. The maximum atomic E-state index is 14.4. The summed E-state index contributed by atoms with van der Waals surface area (Å²) in [7, 11) is 0. The van der Waals surface area contributed by atoms with E-state index >= 15 is 0 Å². The van der Waals surface area contributed by atoms with E-state index in [1.54, 1.807) is 18.6 Å². The molecule has 10 nitrogen and oxygen atoms in total. The standard InChI is InChI=1S/C25H26F4N8O2/c1-2-31-21-9-19-17(11-33-21)23(14-10-34-36(12-14)13-20(30)38)35-37(19)15-3-5-16(6-4-15)39-24-22(26)18(7-8-32-24)25(27,28)29/h7-12,15-16H,2-6,13H2,1H3,(H2,30,38)(H,31,33). The second-order valence-electron chi connectivity index (χ2n) is 9.33. The summed E-state index contributed by atoms with van der Waals surface area (Å²) in [5, 5.41) is 13.1. The lowest BCUT2D eigenvalue weighted by Crippen LogP contribution is -2.27. The number of carbonyl (C=O) groups excluding carboxylic acids is 1. The van der Waals surface area contributed by atoms with Gasteiger partial charge in [-0.15, -0.1) is 0 Å². The van der Waals surface area contributed by atoms with Crippen molar-refractivity contribution in [1.29, 1.82) is 0 Å². The highest BCUT2D eigenvalue weighted by atomic mass is 19.4. The molecule has 4 aromatic heterocycles. The SMILES string of the molecule is CCNc1cc2c(cn1)c(-c1cnn(CC(N)=O)c1)nn2C1CCC(Oc2nccc(C(F)(F)F)c2F)CC1. The van der Waals surface area contributed by atoms with E-state index in [1.165, 1.54) is 4.68 Å². The number of hydrogen-bond acceptors (Lipinski definition) is 7. The molecule has 1 amide bonds. The van der Waals surface area contributed by atoms with Gasteiger partial charge in [0.25, 0.3) is 5.88 Å². The predicted octanol–water partition coefficient (Wildman–Crippen LogP) is 4.33. The fraction of sp³-hybridized carbons (Fsp3) is 0.400. The van der Waals surface area contributed by atoms with E-state index < -0.39 is 35.4 Å². The quantitative estimate of drug-likeness (QED) is 0.315. The summed E-state index contributed by atoms with van der Waals surface area (Å²) in [5.41, 5.74) is 6.06. The number of fused-ring (bicyclic) bond motifs is 1. The normalized spacial score (nSPS) is 17.9. The van der Waals surface area contributed by atoms with Gasteiger partial charge in [-0.3, -0.25) is 14.2 Å². The number of primary amides is 1. The van der Waals surface area contributed by atoms with Crippen LogP contribution in [0, 0.1) is 5.82 Å². The van der Waals surface area contributed by atoms with Gasteiger partial charge in [-0.05, 0) is 38.7 Å². The Morgan fingerprint density at radius 1 is 1.21 bits per heavy atom. The zero-order chi connectivity index (χ0) is 27.7. The Labute approximate surface area is 220 Å². The topological polar surface area (TPSA) is 126 Å². The first-order valence-electron chi connectivity index (χ1n) is 12.5. The maximum absolute atomic E-state index is 14.4. The van der Waals surface area contributed by atoms with Crippen LogP contribution in [0.15, 0.2) is 36.9 Å². The Bertz CT molecular complexity index is 1490. The molecule has 5 rings (SSSR count). The summed E-state index contributed by atoms with van der Waals surface area (Å²) in [6.07, 6.45) is 2.74. The number of pyridine rings is 2. The lowest BCUT2D eigenvalue weighted by molar-refractivity contribution is -0.140. The Morgan fingerprint density at radius 3 is 2.67 bits per heavy atom. The molecule has 206 valence electrons. The third-order valence-corrected chi connectivity index (χ3v) is 6.60. The second-order valence-corrected chi connectivity index (χ2v) is 9.33. The maximum Gasteiger partial charge on any atom is 0.419 e. The Balaban J connectivity index is 1.39. The molecule has 39 heavy (non-hydrogen) atoms. The summed E-state index contributed by atoms with van der Waals surface area (Å²) < 4.78 is 62.5. The van der Waals surface area contributed by atoms with Crippen LogP contribution in [0.25, 0.3) is 22.2 Å². The van der Waals surface area contributed by atoms with Gasteiger partial charge in [-0.25, -0.2) is 14.4 Å². The molecule has 1 aliphatic rings. The van der Waals surface area contributed by atoms with Crippen LogP contribution in [0.5, 0.6) is 5.88 Å². The van der Waals surface area contributed by atoms with Crippen molar-refractivity contribution >= 4 is 22.6 Å². The lowest BCUT2D eigenvalue weighted by atomic mass is 9.93. The first kappa shape index (κ1) is 26.4. The van der Waals surface area contributed by atoms with Crippen molar-refractivity contribution in [3.63, 3.8) is 0 Å². The molecule has 1 saturated carbocycles. The fourth-order valence-electron chi connectivity index (χ4n) is 4.82. The van der Waals surface area contributed by atoms with Crippen LogP contribution in [0.1, 0.15) is 44.2 Å². The monoisotopic (exact) mass is 546 g/mol. The minimum absolute atomic E-state index is 0.0436. The molecular weight excluding hydrogens is 520 g/mol. The number of ether oxygens (including phenoxy) is 1. The minimum Gasteiger partial charge on any atom is -0.472 e. The summed E-state index contributed by atoms with van der Waals surface area (Å²) in [4.78, 5) is 19.5. The van der Waals surface area contributed by atoms with Crippen LogP contribution in [0.2, 0.25) is 0 Å². The number of amides is 1. The number of rotatable bonds is 8. The molecule has 4 aromatic rings. The van der Waals surface area contributed by atoms with Crippen molar-refractivity contribution in [2.24, 2.45) is 5.73 Å². The first-order valence-corrected chi connectivity index (χ1v) is 12.5. The van der Waals surface area contributed by atoms with Gasteiger partial charge < -0.3 is 15.8 Å². The van der Waals surface area contributed by atoms with Gasteiger partial charge >= 0.3 is 6.18 Å². The molecule has 0 spiro atoms. The zero-order valence-corrected chi connectivity index (χ0v) is 21.0. The minimum atomic E-state index is -4.83. The molecule has 0 unspecified atom stereocenters. The molecule has 1 aliphatic carbocycles. The number of nitrogens with one attached hydrogen (secondary N) is 1. The van der Waals surface area contributed by atoms with Crippen molar-refractivity contribution in [2.75, 3.05) is 11.9 Å². The van der Waals surface area contributed by atoms with Crippen LogP contribution < -0.4 is 15.8 Å². The van der Waals surface area contributed by atoms with E-state index in [4.69, 9.17) is 15.6 Å². The van der Waals surface area contributed by atoms with Gasteiger partial charge in [0.1, 0.15) is 24.2 Å². The third-order valence-electron chi connectivity index (χ3n) is 6.60. The number of hydrogen-bond donors (Lipinski definition) is 2. The molecule has 0 atom stereocenters. The van der Waals surface area contributed by atoms with Gasteiger partial charge in [0.15, 0.2) is 5.82 Å². The smallest absolute Gasteiger partial charge is 0.419 e. The van der Waals surface area contributed by atoms with E-state index in [2.05, 4.69) is 20.4 Å². The molecule has 0 saturated heterocycles. The summed E-state index contributed by atoms with van der Waals surface area (Å²) in [5.74, 6) is -1.98. The summed E-state index contributed by atoms with van der Waals surface area (Å²) in [6, 6.07) is 2.46. The van der Waals surface area contributed by atoms with E-state index in [1.807, 2.05) is 17.7 Å². The van der Waals surface area contributed by atoms with E-state index in [-0.39, 0.29) is 12.6 Å². The molecule has 0 radical (unpaired) electrons.